The Bertz CT molecular complexity index is 715. The summed E-state index contributed by atoms with van der Waals surface area (Å²) in [6.45, 7) is 5.79. The molecule has 2 aromatic rings. The van der Waals surface area contributed by atoms with Crippen molar-refractivity contribution in [1.82, 2.24) is 14.7 Å². The standard InChI is InChI=1S/C19H25N3O2/c1-14-4-5-17(12-15(14)2)24-13-19(23)22-10-7-16(8-11-22)18-6-9-20-21(18)3/h4-6,9,12,16H,7-8,10-11,13H2,1-3H3. The second-order valence-electron chi connectivity index (χ2n) is 6.57. The van der Waals surface area contributed by atoms with Crippen LogP contribution < -0.4 is 4.74 Å². The van der Waals surface area contributed by atoms with E-state index in [4.69, 9.17) is 4.74 Å². The third-order valence-electron chi connectivity index (χ3n) is 4.97. The monoisotopic (exact) mass is 327 g/mol. The first-order chi connectivity index (χ1) is 11.5. The van der Waals surface area contributed by atoms with Crippen molar-refractivity contribution in [3.05, 3.63) is 47.3 Å². The summed E-state index contributed by atoms with van der Waals surface area (Å²) in [6, 6.07) is 8.00. The molecule has 128 valence electrons. The first kappa shape index (κ1) is 16.6. The van der Waals surface area contributed by atoms with Gasteiger partial charge in [-0.15, -0.1) is 0 Å². The van der Waals surface area contributed by atoms with Crippen LogP contribution >= 0.6 is 0 Å². The number of aryl methyl sites for hydroxylation is 3. The van der Waals surface area contributed by atoms with Crippen molar-refractivity contribution in [3.8, 4) is 5.75 Å². The summed E-state index contributed by atoms with van der Waals surface area (Å²) >= 11 is 0. The Morgan fingerprint density at radius 3 is 2.58 bits per heavy atom. The minimum atomic E-state index is 0.0664. The Morgan fingerprint density at radius 1 is 1.21 bits per heavy atom. The maximum atomic E-state index is 12.4. The molecular formula is C19H25N3O2. The molecule has 1 aromatic carbocycles. The van der Waals surface area contributed by atoms with Crippen LogP contribution in [0.2, 0.25) is 0 Å². The summed E-state index contributed by atoms with van der Waals surface area (Å²) in [5, 5.41) is 4.24. The van der Waals surface area contributed by atoms with Crippen LogP contribution in [-0.4, -0.2) is 40.3 Å². The number of hydrogen-bond donors (Lipinski definition) is 0. The number of carbonyl (C=O) groups excluding carboxylic acids is 1. The minimum absolute atomic E-state index is 0.0664. The number of likely N-dealkylation sites (tertiary alicyclic amines) is 1. The fraction of sp³-hybridized carbons (Fsp3) is 0.474. The molecule has 0 unspecified atom stereocenters. The van der Waals surface area contributed by atoms with Crippen molar-refractivity contribution in [3.63, 3.8) is 0 Å². The maximum Gasteiger partial charge on any atom is 0.260 e. The van der Waals surface area contributed by atoms with Crippen molar-refractivity contribution < 1.29 is 9.53 Å². The van der Waals surface area contributed by atoms with Crippen molar-refractivity contribution in [2.75, 3.05) is 19.7 Å². The Hall–Kier alpha value is -2.30. The number of ether oxygens (including phenoxy) is 1. The fourth-order valence-corrected chi connectivity index (χ4v) is 3.25. The lowest BCUT2D eigenvalue weighted by Crippen LogP contribution is -2.40. The molecule has 0 atom stereocenters. The van der Waals surface area contributed by atoms with Crippen LogP contribution in [0.15, 0.2) is 30.5 Å². The summed E-state index contributed by atoms with van der Waals surface area (Å²) < 4.78 is 7.61. The van der Waals surface area contributed by atoms with Gasteiger partial charge in [0.2, 0.25) is 0 Å². The molecule has 1 aliphatic heterocycles. The molecule has 0 bridgehead atoms. The van der Waals surface area contributed by atoms with E-state index in [2.05, 4.69) is 18.1 Å². The molecular weight excluding hydrogens is 302 g/mol. The van der Waals surface area contributed by atoms with E-state index in [1.54, 1.807) is 0 Å². The molecule has 24 heavy (non-hydrogen) atoms. The number of nitrogens with zero attached hydrogens (tertiary/aromatic N) is 3. The van der Waals surface area contributed by atoms with Gasteiger partial charge in [-0.1, -0.05) is 6.07 Å². The average Bonchev–Trinajstić information content (AvgIpc) is 3.02. The van der Waals surface area contributed by atoms with Gasteiger partial charge >= 0.3 is 0 Å². The molecule has 5 nitrogen and oxygen atoms in total. The van der Waals surface area contributed by atoms with Gasteiger partial charge < -0.3 is 9.64 Å². The van der Waals surface area contributed by atoms with Gasteiger partial charge in [0.15, 0.2) is 6.61 Å². The SMILES string of the molecule is Cc1ccc(OCC(=O)N2CCC(c3ccnn3C)CC2)cc1C. The van der Waals surface area contributed by atoms with Gasteiger partial charge in [0.25, 0.3) is 5.91 Å². The van der Waals surface area contributed by atoms with Crippen LogP contribution in [-0.2, 0) is 11.8 Å². The molecule has 2 heterocycles. The van der Waals surface area contributed by atoms with Gasteiger partial charge in [-0.25, -0.2) is 0 Å². The highest BCUT2D eigenvalue weighted by Crippen LogP contribution is 2.27. The molecule has 3 rings (SSSR count). The maximum absolute atomic E-state index is 12.4. The lowest BCUT2D eigenvalue weighted by Gasteiger charge is -2.32. The third kappa shape index (κ3) is 3.61. The number of rotatable bonds is 4. The lowest BCUT2D eigenvalue weighted by molar-refractivity contribution is -0.134. The van der Waals surface area contributed by atoms with Crippen LogP contribution in [0.4, 0.5) is 0 Å². The van der Waals surface area contributed by atoms with Crippen LogP contribution in [0.25, 0.3) is 0 Å². The predicted molar refractivity (Wildman–Crippen MR) is 93.2 cm³/mol. The second kappa shape index (κ2) is 7.07. The summed E-state index contributed by atoms with van der Waals surface area (Å²) in [6.07, 6.45) is 3.80. The van der Waals surface area contributed by atoms with Crippen LogP contribution in [0.1, 0.15) is 35.6 Å². The number of carbonyl (C=O) groups is 1. The van der Waals surface area contributed by atoms with Gasteiger partial charge in [0.05, 0.1) is 0 Å². The molecule has 1 saturated heterocycles. The first-order valence-electron chi connectivity index (χ1n) is 8.50. The first-order valence-corrected chi connectivity index (χ1v) is 8.50. The summed E-state index contributed by atoms with van der Waals surface area (Å²) in [5.74, 6) is 1.31. The highest BCUT2D eigenvalue weighted by molar-refractivity contribution is 5.77. The molecule has 0 spiro atoms. The zero-order valence-electron chi connectivity index (χ0n) is 14.7. The molecule has 1 aromatic heterocycles. The van der Waals surface area contributed by atoms with Crippen molar-refractivity contribution >= 4 is 5.91 Å². The van der Waals surface area contributed by atoms with Crippen molar-refractivity contribution in [2.24, 2.45) is 7.05 Å². The molecule has 0 radical (unpaired) electrons. The Balaban J connectivity index is 1.50. The molecule has 0 aliphatic carbocycles. The molecule has 1 amide bonds. The van der Waals surface area contributed by atoms with Crippen LogP contribution in [0, 0.1) is 13.8 Å². The van der Waals surface area contributed by atoms with Gasteiger partial charge in [-0.3, -0.25) is 9.48 Å². The van der Waals surface area contributed by atoms with Crippen LogP contribution in [0.5, 0.6) is 5.75 Å². The van der Waals surface area contributed by atoms with E-state index in [0.29, 0.717) is 5.92 Å². The number of benzene rings is 1. The van der Waals surface area contributed by atoms with Crippen molar-refractivity contribution in [2.45, 2.75) is 32.6 Å². The predicted octanol–water partition coefficient (Wildman–Crippen LogP) is 2.82. The topological polar surface area (TPSA) is 47.4 Å². The van der Waals surface area contributed by atoms with Gasteiger partial charge in [-0.2, -0.15) is 5.10 Å². The highest BCUT2D eigenvalue weighted by atomic mass is 16.5. The average molecular weight is 327 g/mol. The Labute approximate surface area is 143 Å². The van der Waals surface area contributed by atoms with Crippen LogP contribution in [0.3, 0.4) is 0 Å². The number of piperidine rings is 1. The molecule has 0 saturated carbocycles. The normalized spacial score (nSPS) is 15.5. The molecule has 5 heteroatoms. The van der Waals surface area contributed by atoms with E-state index in [-0.39, 0.29) is 12.5 Å². The van der Waals surface area contributed by atoms with Gasteiger partial charge in [0, 0.05) is 37.9 Å². The lowest BCUT2D eigenvalue weighted by atomic mass is 9.93. The van der Waals surface area contributed by atoms with E-state index in [9.17, 15) is 4.79 Å². The quantitative estimate of drug-likeness (QED) is 0.867. The minimum Gasteiger partial charge on any atom is -0.484 e. The van der Waals surface area contributed by atoms with E-state index in [1.807, 2.05) is 47.9 Å². The van der Waals surface area contributed by atoms with Gasteiger partial charge in [0.1, 0.15) is 5.75 Å². The smallest absolute Gasteiger partial charge is 0.260 e. The number of amides is 1. The molecule has 1 fully saturated rings. The van der Waals surface area contributed by atoms with Crippen molar-refractivity contribution in [1.29, 1.82) is 0 Å². The zero-order chi connectivity index (χ0) is 17.1. The van der Waals surface area contributed by atoms with E-state index >= 15 is 0 Å². The van der Waals surface area contributed by atoms with E-state index in [0.717, 1.165) is 31.7 Å². The Kier molecular flexibility index (Phi) is 4.88. The summed E-state index contributed by atoms with van der Waals surface area (Å²) in [4.78, 5) is 14.3. The number of aromatic nitrogens is 2. The number of hydrogen-bond acceptors (Lipinski definition) is 3. The summed E-state index contributed by atoms with van der Waals surface area (Å²) in [5.41, 5.74) is 3.66. The largest absolute Gasteiger partial charge is 0.484 e. The van der Waals surface area contributed by atoms with E-state index in [1.165, 1.54) is 16.8 Å². The highest BCUT2D eigenvalue weighted by Gasteiger charge is 2.25. The molecule has 0 N–H and O–H groups in total. The van der Waals surface area contributed by atoms with E-state index < -0.39 is 0 Å². The van der Waals surface area contributed by atoms with Gasteiger partial charge in [-0.05, 0) is 56.0 Å². The molecule has 1 aliphatic rings. The third-order valence-corrected chi connectivity index (χ3v) is 4.97. The second-order valence-corrected chi connectivity index (χ2v) is 6.57. The summed E-state index contributed by atoms with van der Waals surface area (Å²) in [7, 11) is 1.98. The fourth-order valence-electron chi connectivity index (χ4n) is 3.25. The Morgan fingerprint density at radius 2 is 1.96 bits per heavy atom. The zero-order valence-corrected chi connectivity index (χ0v) is 14.7.